The maximum Gasteiger partial charge on any atom is 0.208 e. The van der Waals surface area contributed by atoms with Crippen LogP contribution in [0.5, 0.6) is 0 Å². The Morgan fingerprint density at radius 3 is 3.06 bits per heavy atom. The molecule has 0 spiro atoms. The molecule has 1 fully saturated rings. The number of aliphatic hydroxyl groups excluding tert-OH is 1. The lowest BCUT2D eigenvalue weighted by Crippen LogP contribution is -2.25. The zero-order chi connectivity index (χ0) is 12.5. The van der Waals surface area contributed by atoms with Crippen LogP contribution in [0.25, 0.3) is 10.7 Å². The largest absolute Gasteiger partial charge is 0.388 e. The van der Waals surface area contributed by atoms with Crippen molar-refractivity contribution in [3.63, 3.8) is 0 Å². The van der Waals surface area contributed by atoms with Crippen LogP contribution in [0, 0.1) is 0 Å². The number of aliphatic hydroxyl groups is 1. The number of β-amino-alcohol motifs (C(OH)–C–C–N with tert-alkyl or cyclic N) is 1. The summed E-state index contributed by atoms with van der Waals surface area (Å²) >= 11 is 1.42. The van der Waals surface area contributed by atoms with Crippen LogP contribution in [0.2, 0.25) is 0 Å². The predicted octanol–water partition coefficient (Wildman–Crippen LogP) is 0.389. The molecule has 2 aromatic rings. The Balaban J connectivity index is 1.78. The molecule has 18 heavy (non-hydrogen) atoms. The Morgan fingerprint density at radius 2 is 2.39 bits per heavy atom. The van der Waals surface area contributed by atoms with Gasteiger partial charge in [0.2, 0.25) is 5.13 Å². The first-order chi connectivity index (χ1) is 8.78. The van der Waals surface area contributed by atoms with Crippen LogP contribution >= 0.6 is 11.3 Å². The van der Waals surface area contributed by atoms with Crippen LogP contribution in [-0.2, 0) is 4.74 Å². The van der Waals surface area contributed by atoms with E-state index in [-0.39, 0.29) is 6.10 Å². The van der Waals surface area contributed by atoms with Gasteiger partial charge in [0, 0.05) is 26.3 Å². The molecule has 96 valence electrons. The smallest absolute Gasteiger partial charge is 0.208 e. The number of anilines is 1. The van der Waals surface area contributed by atoms with Crippen molar-refractivity contribution < 1.29 is 14.4 Å². The summed E-state index contributed by atoms with van der Waals surface area (Å²) in [6.45, 7) is 1.12. The molecule has 8 heteroatoms. The number of hydrogen-bond donors (Lipinski definition) is 1. The van der Waals surface area contributed by atoms with E-state index in [0.29, 0.717) is 23.8 Å². The molecule has 0 aromatic carbocycles. The van der Waals surface area contributed by atoms with Crippen LogP contribution < -0.4 is 4.90 Å². The summed E-state index contributed by atoms with van der Waals surface area (Å²) in [6.07, 6.45) is 0.829. The molecule has 1 saturated heterocycles. The third-order valence-corrected chi connectivity index (χ3v) is 3.89. The van der Waals surface area contributed by atoms with Crippen molar-refractivity contribution in [3.8, 4) is 10.7 Å². The lowest BCUT2D eigenvalue weighted by molar-refractivity contribution is 0.0217. The Bertz CT molecular complexity index is 515. The van der Waals surface area contributed by atoms with E-state index in [0.717, 1.165) is 5.13 Å². The number of aromatic nitrogens is 3. The highest BCUT2D eigenvalue weighted by Gasteiger charge is 2.33. The van der Waals surface area contributed by atoms with Gasteiger partial charge in [-0.25, -0.2) is 0 Å². The van der Waals surface area contributed by atoms with Gasteiger partial charge in [-0.2, -0.15) is 0 Å². The molecule has 0 aliphatic carbocycles. The van der Waals surface area contributed by atoms with Crippen molar-refractivity contribution in [2.75, 3.05) is 25.1 Å². The monoisotopic (exact) mass is 268 g/mol. The summed E-state index contributed by atoms with van der Waals surface area (Å²) in [7, 11) is 1.60. The van der Waals surface area contributed by atoms with Crippen molar-refractivity contribution >= 4 is 16.5 Å². The first kappa shape index (κ1) is 11.6. The van der Waals surface area contributed by atoms with Gasteiger partial charge in [0.25, 0.3) is 0 Å². The van der Waals surface area contributed by atoms with Gasteiger partial charge >= 0.3 is 0 Å². The van der Waals surface area contributed by atoms with Gasteiger partial charge in [0.15, 0.2) is 5.01 Å². The normalized spacial score (nSPS) is 23.8. The summed E-state index contributed by atoms with van der Waals surface area (Å²) < 4.78 is 9.96. The van der Waals surface area contributed by atoms with Gasteiger partial charge in [-0.05, 0) is 0 Å². The van der Waals surface area contributed by atoms with Crippen molar-refractivity contribution in [2.24, 2.45) is 0 Å². The lowest BCUT2D eigenvalue weighted by Gasteiger charge is -2.12. The second kappa shape index (κ2) is 4.63. The highest BCUT2D eigenvalue weighted by Crippen LogP contribution is 2.30. The number of nitrogens with zero attached hydrogens (tertiary/aromatic N) is 4. The minimum atomic E-state index is -0.491. The van der Waals surface area contributed by atoms with Crippen molar-refractivity contribution in [2.45, 2.75) is 12.2 Å². The van der Waals surface area contributed by atoms with Gasteiger partial charge < -0.3 is 19.3 Å². The highest BCUT2D eigenvalue weighted by atomic mass is 32.1. The summed E-state index contributed by atoms with van der Waals surface area (Å²) in [5.74, 6) is 0. The zero-order valence-electron chi connectivity index (χ0n) is 9.68. The fourth-order valence-electron chi connectivity index (χ4n) is 1.91. The molecule has 1 aliphatic heterocycles. The minimum Gasteiger partial charge on any atom is -0.388 e. The molecular formula is C10H12N4O3S. The fourth-order valence-corrected chi connectivity index (χ4v) is 2.74. The topological polar surface area (TPSA) is 84.5 Å². The lowest BCUT2D eigenvalue weighted by atomic mass is 10.3. The first-order valence-corrected chi connectivity index (χ1v) is 6.29. The molecule has 1 aliphatic rings. The average molecular weight is 268 g/mol. The molecular weight excluding hydrogens is 256 g/mol. The van der Waals surface area contributed by atoms with E-state index in [4.69, 9.17) is 9.26 Å². The predicted molar refractivity (Wildman–Crippen MR) is 64.4 cm³/mol. The summed E-state index contributed by atoms with van der Waals surface area (Å²) in [4.78, 5) is 1.96. The molecule has 3 heterocycles. The van der Waals surface area contributed by atoms with Crippen LogP contribution in [0.15, 0.2) is 16.9 Å². The molecule has 0 unspecified atom stereocenters. The van der Waals surface area contributed by atoms with Crippen molar-refractivity contribution in [1.29, 1.82) is 0 Å². The first-order valence-electron chi connectivity index (χ1n) is 5.48. The van der Waals surface area contributed by atoms with Crippen LogP contribution in [0.4, 0.5) is 5.13 Å². The second-order valence-corrected chi connectivity index (χ2v) is 4.98. The van der Waals surface area contributed by atoms with Gasteiger partial charge in [0.1, 0.15) is 18.1 Å². The fraction of sp³-hybridized carbons (Fsp3) is 0.500. The molecule has 0 amide bonds. The average Bonchev–Trinajstić information content (AvgIpc) is 3.08. The summed E-state index contributed by atoms with van der Waals surface area (Å²) in [5.41, 5.74) is 0.668. The number of ether oxygens (including phenoxy) is 1. The van der Waals surface area contributed by atoms with E-state index in [9.17, 15) is 5.11 Å². The highest BCUT2D eigenvalue weighted by molar-refractivity contribution is 7.18. The maximum absolute atomic E-state index is 9.77. The standard InChI is InChI=1S/C10H12N4O3S/c1-16-8-5-14(4-7(8)15)10-12-11-9(18-10)6-2-3-17-13-6/h2-3,7-8,15H,4-5H2,1H3/t7-,8-/m1/s1. The molecule has 7 nitrogen and oxygen atoms in total. The van der Waals surface area contributed by atoms with E-state index in [2.05, 4.69) is 15.4 Å². The van der Waals surface area contributed by atoms with Gasteiger partial charge in [-0.3, -0.25) is 0 Å². The molecule has 0 saturated carbocycles. The second-order valence-electron chi connectivity index (χ2n) is 4.02. The van der Waals surface area contributed by atoms with Gasteiger partial charge in [0.05, 0.1) is 6.10 Å². The van der Waals surface area contributed by atoms with E-state index in [1.165, 1.54) is 17.6 Å². The van der Waals surface area contributed by atoms with Crippen molar-refractivity contribution in [3.05, 3.63) is 12.3 Å². The Morgan fingerprint density at radius 1 is 1.50 bits per heavy atom. The van der Waals surface area contributed by atoms with E-state index in [1.807, 2.05) is 4.90 Å². The van der Waals surface area contributed by atoms with Crippen LogP contribution in [0.3, 0.4) is 0 Å². The van der Waals surface area contributed by atoms with E-state index >= 15 is 0 Å². The summed E-state index contributed by atoms with van der Waals surface area (Å²) in [6, 6.07) is 1.74. The Hall–Kier alpha value is -1.51. The van der Waals surface area contributed by atoms with Gasteiger partial charge in [-0.15, -0.1) is 10.2 Å². The molecule has 1 N–H and O–H groups in total. The van der Waals surface area contributed by atoms with Crippen molar-refractivity contribution in [1.82, 2.24) is 15.4 Å². The molecule has 0 radical (unpaired) electrons. The van der Waals surface area contributed by atoms with E-state index < -0.39 is 6.10 Å². The maximum atomic E-state index is 9.77. The Labute approximate surface area is 107 Å². The third kappa shape index (κ3) is 1.98. The molecule has 3 rings (SSSR count). The number of rotatable bonds is 3. The molecule has 2 aromatic heterocycles. The minimum absolute atomic E-state index is 0.176. The SMILES string of the molecule is CO[C@@H]1CN(c2nnc(-c3ccon3)s2)C[C@H]1O. The van der Waals surface area contributed by atoms with E-state index in [1.54, 1.807) is 13.2 Å². The molecule has 0 bridgehead atoms. The van der Waals surface area contributed by atoms with Crippen LogP contribution in [0.1, 0.15) is 0 Å². The Kier molecular flexibility index (Phi) is 2.98. The van der Waals surface area contributed by atoms with Crippen LogP contribution in [-0.4, -0.2) is 52.9 Å². The van der Waals surface area contributed by atoms with Gasteiger partial charge in [-0.1, -0.05) is 16.5 Å². The number of methoxy groups -OCH3 is 1. The zero-order valence-corrected chi connectivity index (χ0v) is 10.5. The number of hydrogen-bond acceptors (Lipinski definition) is 8. The quantitative estimate of drug-likeness (QED) is 0.861. The summed E-state index contributed by atoms with van der Waals surface area (Å²) in [5, 5.41) is 23.2. The molecule has 2 atom stereocenters. The third-order valence-electron chi connectivity index (χ3n) is 2.88.